The van der Waals surface area contributed by atoms with Crippen LogP contribution in [0.25, 0.3) is 15.9 Å². The number of benzene rings is 1. The number of thiophene rings is 1. The van der Waals surface area contributed by atoms with Gasteiger partial charge in [0.2, 0.25) is 11.9 Å². The van der Waals surface area contributed by atoms with Crippen LogP contribution in [0.2, 0.25) is 5.02 Å². The Kier molecular flexibility index (Phi) is 6.11. The molecule has 0 amide bonds. The van der Waals surface area contributed by atoms with Gasteiger partial charge in [-0.2, -0.15) is 15.0 Å². The lowest BCUT2D eigenvalue weighted by Crippen LogP contribution is -2.22. The molecule has 0 aliphatic carbocycles. The Balaban J connectivity index is 1.87. The maximum absolute atomic E-state index is 13.6. The van der Waals surface area contributed by atoms with Gasteiger partial charge in [-0.3, -0.25) is 9.36 Å². The lowest BCUT2D eigenvalue weighted by atomic mass is 10.2. The summed E-state index contributed by atoms with van der Waals surface area (Å²) in [4.78, 5) is 35.0. The molecule has 0 aliphatic rings. The average Bonchev–Trinajstić information content (AvgIpc) is 3.02. The molecule has 3 aromatic heterocycles. The van der Waals surface area contributed by atoms with E-state index in [0.717, 1.165) is 10.4 Å². The second kappa shape index (κ2) is 8.68. The highest BCUT2D eigenvalue weighted by atomic mass is 35.5. The van der Waals surface area contributed by atoms with Gasteiger partial charge in [-0.15, -0.1) is 11.3 Å². The number of halogens is 1. The number of aromatic nitrogens is 5. The molecule has 3 heterocycles. The van der Waals surface area contributed by atoms with Crippen molar-refractivity contribution in [2.45, 2.75) is 31.2 Å². The van der Waals surface area contributed by atoms with E-state index < -0.39 is 0 Å². The fraction of sp³-hybridized carbons (Fsp3) is 0.286. The molecule has 2 N–H and O–H groups in total. The van der Waals surface area contributed by atoms with Gasteiger partial charge in [-0.1, -0.05) is 23.4 Å². The zero-order valence-electron chi connectivity index (χ0n) is 18.3. The predicted molar refractivity (Wildman–Crippen MR) is 133 cm³/mol. The first kappa shape index (κ1) is 22.5. The van der Waals surface area contributed by atoms with Crippen LogP contribution in [0, 0.1) is 13.8 Å². The molecular formula is C21H22ClN7OS2. The molecule has 4 aromatic rings. The first-order chi connectivity index (χ1) is 15.2. The van der Waals surface area contributed by atoms with Gasteiger partial charge in [-0.05, 0) is 50.6 Å². The van der Waals surface area contributed by atoms with E-state index in [1.54, 1.807) is 21.6 Å². The number of nitrogen functional groups attached to an aromatic ring is 1. The van der Waals surface area contributed by atoms with Gasteiger partial charge in [0, 0.05) is 24.0 Å². The molecule has 0 fully saturated rings. The van der Waals surface area contributed by atoms with Crippen LogP contribution in [-0.2, 0) is 0 Å². The number of thioether (sulfide) groups is 1. The minimum Gasteiger partial charge on any atom is -0.368 e. The van der Waals surface area contributed by atoms with Crippen LogP contribution in [0.4, 0.5) is 11.9 Å². The van der Waals surface area contributed by atoms with Gasteiger partial charge >= 0.3 is 0 Å². The molecule has 0 aliphatic heterocycles. The maximum atomic E-state index is 13.6. The Morgan fingerprint density at radius 1 is 1.12 bits per heavy atom. The van der Waals surface area contributed by atoms with Gasteiger partial charge in [0.25, 0.3) is 5.56 Å². The molecule has 0 spiro atoms. The summed E-state index contributed by atoms with van der Waals surface area (Å²) in [5.41, 5.74) is 7.43. The molecule has 32 heavy (non-hydrogen) atoms. The molecule has 8 nitrogen and oxygen atoms in total. The van der Waals surface area contributed by atoms with Gasteiger partial charge in [0.15, 0.2) is 5.16 Å². The Morgan fingerprint density at radius 2 is 1.81 bits per heavy atom. The molecule has 1 atom stereocenters. The van der Waals surface area contributed by atoms with Gasteiger partial charge in [-0.25, -0.2) is 4.98 Å². The smallest absolute Gasteiger partial charge is 0.267 e. The van der Waals surface area contributed by atoms with E-state index in [1.807, 2.05) is 47.0 Å². The van der Waals surface area contributed by atoms with E-state index in [0.29, 0.717) is 37.9 Å². The monoisotopic (exact) mass is 487 g/mol. The van der Waals surface area contributed by atoms with Crippen LogP contribution in [0.3, 0.4) is 0 Å². The third-order valence-corrected chi connectivity index (χ3v) is 7.36. The van der Waals surface area contributed by atoms with Crippen LogP contribution in [0.15, 0.2) is 34.2 Å². The van der Waals surface area contributed by atoms with Crippen LogP contribution >= 0.6 is 34.7 Å². The number of nitrogens with two attached hydrogens (primary N) is 1. The standard InChI is InChI=1S/C21H22ClN7OS2/c1-10-11(2)31-17-15(10)18(30)29(14-8-6-13(22)7-9-14)21(26-17)32-12(3)16-24-19(23)27-20(25-16)28(4)5/h6-9,12H,1-5H3,(H2,23,24,25,27). The van der Waals surface area contributed by atoms with E-state index in [9.17, 15) is 4.79 Å². The minimum atomic E-state index is -0.232. The number of fused-ring (bicyclic) bond motifs is 1. The van der Waals surface area contributed by atoms with E-state index in [-0.39, 0.29) is 16.8 Å². The first-order valence-corrected chi connectivity index (χ1v) is 11.9. The fourth-order valence-electron chi connectivity index (χ4n) is 3.16. The Morgan fingerprint density at radius 3 is 2.47 bits per heavy atom. The number of anilines is 2. The van der Waals surface area contributed by atoms with Gasteiger partial charge in [0.05, 0.1) is 16.3 Å². The maximum Gasteiger partial charge on any atom is 0.267 e. The fourth-order valence-corrected chi connectivity index (χ4v) is 5.33. The zero-order valence-corrected chi connectivity index (χ0v) is 20.6. The molecule has 0 bridgehead atoms. The summed E-state index contributed by atoms with van der Waals surface area (Å²) >= 11 is 8.99. The van der Waals surface area contributed by atoms with Crippen molar-refractivity contribution >= 4 is 56.8 Å². The third kappa shape index (κ3) is 4.17. The molecule has 4 rings (SSSR count). The summed E-state index contributed by atoms with van der Waals surface area (Å²) in [7, 11) is 3.68. The van der Waals surface area contributed by atoms with Gasteiger partial charge < -0.3 is 10.6 Å². The largest absolute Gasteiger partial charge is 0.368 e. The molecule has 11 heteroatoms. The lowest BCUT2D eigenvalue weighted by molar-refractivity contribution is 0.808. The molecule has 0 radical (unpaired) electrons. The molecule has 0 saturated heterocycles. The van der Waals surface area contributed by atoms with Crippen molar-refractivity contribution in [2.24, 2.45) is 0 Å². The summed E-state index contributed by atoms with van der Waals surface area (Å²) in [5.74, 6) is 1.14. The Labute approximate surface area is 198 Å². The number of hydrogen-bond acceptors (Lipinski definition) is 9. The van der Waals surface area contributed by atoms with Crippen molar-refractivity contribution in [1.82, 2.24) is 24.5 Å². The SMILES string of the molecule is Cc1sc2nc(SC(C)c3nc(N)nc(N(C)C)n3)n(-c3ccc(Cl)cc3)c(=O)c2c1C. The van der Waals surface area contributed by atoms with Crippen molar-refractivity contribution in [3.05, 3.63) is 55.9 Å². The molecule has 166 valence electrons. The second-order valence-electron chi connectivity index (χ2n) is 7.48. The predicted octanol–water partition coefficient (Wildman–Crippen LogP) is 4.40. The number of rotatable bonds is 5. The van der Waals surface area contributed by atoms with Crippen molar-refractivity contribution in [2.75, 3.05) is 24.7 Å². The highest BCUT2D eigenvalue weighted by Crippen LogP contribution is 2.36. The normalized spacial score (nSPS) is 12.3. The topological polar surface area (TPSA) is 103 Å². The number of aryl methyl sites for hydroxylation is 2. The summed E-state index contributed by atoms with van der Waals surface area (Å²) in [5, 5.41) is 1.55. The molecule has 1 aromatic carbocycles. The van der Waals surface area contributed by atoms with E-state index in [4.69, 9.17) is 22.3 Å². The van der Waals surface area contributed by atoms with Crippen LogP contribution in [0.5, 0.6) is 0 Å². The van der Waals surface area contributed by atoms with Crippen LogP contribution < -0.4 is 16.2 Å². The first-order valence-electron chi connectivity index (χ1n) is 9.79. The molecule has 1 unspecified atom stereocenters. The Bertz CT molecular complexity index is 1370. The van der Waals surface area contributed by atoms with E-state index in [1.165, 1.54) is 23.1 Å². The summed E-state index contributed by atoms with van der Waals surface area (Å²) in [6.07, 6.45) is 0. The lowest BCUT2D eigenvalue weighted by Gasteiger charge is -2.17. The molecular weight excluding hydrogens is 466 g/mol. The number of hydrogen-bond donors (Lipinski definition) is 1. The van der Waals surface area contributed by atoms with E-state index >= 15 is 0 Å². The Hall–Kier alpha value is -2.69. The summed E-state index contributed by atoms with van der Waals surface area (Å²) < 4.78 is 1.62. The van der Waals surface area contributed by atoms with Crippen molar-refractivity contribution in [3.8, 4) is 5.69 Å². The third-order valence-electron chi connectivity index (χ3n) is 4.96. The minimum absolute atomic E-state index is 0.113. The highest BCUT2D eigenvalue weighted by Gasteiger charge is 2.22. The van der Waals surface area contributed by atoms with Crippen LogP contribution in [0.1, 0.15) is 28.4 Å². The van der Waals surface area contributed by atoms with Crippen LogP contribution in [-0.4, -0.2) is 38.6 Å². The average molecular weight is 488 g/mol. The quantitative estimate of drug-likeness (QED) is 0.326. The van der Waals surface area contributed by atoms with Crippen molar-refractivity contribution in [1.29, 1.82) is 0 Å². The zero-order chi connectivity index (χ0) is 23.2. The summed E-state index contributed by atoms with van der Waals surface area (Å²) in [6.45, 7) is 5.90. The van der Waals surface area contributed by atoms with Gasteiger partial charge in [0.1, 0.15) is 10.7 Å². The highest BCUT2D eigenvalue weighted by molar-refractivity contribution is 7.99. The summed E-state index contributed by atoms with van der Waals surface area (Å²) in [6, 6.07) is 7.14. The molecule has 0 saturated carbocycles. The van der Waals surface area contributed by atoms with E-state index in [2.05, 4.69) is 15.0 Å². The van der Waals surface area contributed by atoms with Crippen molar-refractivity contribution in [3.63, 3.8) is 0 Å². The number of nitrogens with zero attached hydrogens (tertiary/aromatic N) is 6. The van der Waals surface area contributed by atoms with Crippen molar-refractivity contribution < 1.29 is 0 Å². The second-order valence-corrected chi connectivity index (χ2v) is 10.4.